The Bertz CT molecular complexity index is 394. The zero-order valence-electron chi connectivity index (χ0n) is 10.1. The number of aromatic nitrogens is 2. The van der Waals surface area contributed by atoms with Crippen LogP contribution in [0, 0.1) is 0 Å². The second-order valence-electron chi connectivity index (χ2n) is 4.07. The molecule has 0 aromatic carbocycles. The molecule has 0 aliphatic heterocycles. The van der Waals surface area contributed by atoms with Crippen molar-refractivity contribution in [1.29, 1.82) is 0 Å². The van der Waals surface area contributed by atoms with Gasteiger partial charge in [0.1, 0.15) is 0 Å². The number of hydrogen-bond acceptors (Lipinski definition) is 4. The van der Waals surface area contributed by atoms with E-state index in [2.05, 4.69) is 34.7 Å². The number of anilines is 1. The number of H-pyrrole nitrogens is 1. The molecule has 3 N–H and O–H groups in total. The molecule has 1 rings (SSSR count). The van der Waals surface area contributed by atoms with Crippen LogP contribution in [0.2, 0.25) is 0 Å². The summed E-state index contributed by atoms with van der Waals surface area (Å²) in [6, 6.07) is 3.23. The van der Waals surface area contributed by atoms with Gasteiger partial charge in [0.15, 0.2) is 5.82 Å². The highest BCUT2D eigenvalue weighted by atomic mass is 16.1. The van der Waals surface area contributed by atoms with Gasteiger partial charge >= 0.3 is 0 Å². The molecule has 0 atom stereocenters. The molecule has 17 heavy (non-hydrogen) atoms. The average Bonchev–Trinajstić information content (AvgIpc) is 2.27. The predicted molar refractivity (Wildman–Crippen MR) is 65.9 cm³/mol. The van der Waals surface area contributed by atoms with Crippen LogP contribution in [0.25, 0.3) is 0 Å². The monoisotopic (exact) mass is 238 g/mol. The molecule has 1 aromatic heterocycles. The highest BCUT2D eigenvalue weighted by molar-refractivity contribution is 5.89. The van der Waals surface area contributed by atoms with Gasteiger partial charge in [-0.3, -0.25) is 9.59 Å². The normalized spacial score (nSPS) is 10.5. The Labute approximate surface area is 99.8 Å². The van der Waals surface area contributed by atoms with Crippen LogP contribution in [-0.4, -0.2) is 28.7 Å². The van der Waals surface area contributed by atoms with Crippen LogP contribution in [0.3, 0.4) is 0 Å². The lowest BCUT2D eigenvalue weighted by molar-refractivity contribution is -0.116. The van der Waals surface area contributed by atoms with Crippen molar-refractivity contribution in [3.63, 3.8) is 0 Å². The van der Waals surface area contributed by atoms with Gasteiger partial charge in [-0.1, -0.05) is 13.8 Å². The van der Waals surface area contributed by atoms with Gasteiger partial charge in [0, 0.05) is 18.5 Å². The Morgan fingerprint density at radius 3 is 2.82 bits per heavy atom. The Kier molecular flexibility index (Phi) is 5.35. The fourth-order valence-electron chi connectivity index (χ4n) is 1.26. The van der Waals surface area contributed by atoms with Crippen molar-refractivity contribution in [1.82, 2.24) is 15.5 Å². The Morgan fingerprint density at radius 2 is 2.24 bits per heavy atom. The number of hydrogen-bond donors (Lipinski definition) is 3. The second-order valence-corrected chi connectivity index (χ2v) is 4.07. The van der Waals surface area contributed by atoms with E-state index in [1.165, 1.54) is 12.1 Å². The van der Waals surface area contributed by atoms with E-state index >= 15 is 0 Å². The maximum absolute atomic E-state index is 11.5. The van der Waals surface area contributed by atoms with E-state index in [4.69, 9.17) is 0 Å². The standard InChI is InChI=1S/C11H18N4O2/c1-8(2)12-7-3-4-10(16)13-9-5-6-11(17)15-14-9/h5-6,8,12H,3-4,7H2,1-2H3,(H,15,17)(H,13,14,16). The van der Waals surface area contributed by atoms with Crippen LogP contribution in [0.15, 0.2) is 16.9 Å². The third-order valence-corrected chi connectivity index (χ3v) is 2.08. The Hall–Kier alpha value is -1.69. The van der Waals surface area contributed by atoms with E-state index in [0.29, 0.717) is 18.3 Å². The summed E-state index contributed by atoms with van der Waals surface area (Å²) in [5.41, 5.74) is -0.288. The smallest absolute Gasteiger partial charge is 0.264 e. The van der Waals surface area contributed by atoms with Crippen LogP contribution in [-0.2, 0) is 4.79 Å². The molecule has 0 unspecified atom stereocenters. The lowest BCUT2D eigenvalue weighted by Crippen LogP contribution is -2.25. The first-order valence-electron chi connectivity index (χ1n) is 5.67. The van der Waals surface area contributed by atoms with Gasteiger partial charge in [-0.25, -0.2) is 5.10 Å². The fourth-order valence-corrected chi connectivity index (χ4v) is 1.26. The maximum atomic E-state index is 11.5. The molecule has 0 saturated carbocycles. The topological polar surface area (TPSA) is 86.9 Å². The van der Waals surface area contributed by atoms with Crippen molar-refractivity contribution in [2.24, 2.45) is 0 Å². The molecule has 0 aliphatic carbocycles. The zero-order valence-corrected chi connectivity index (χ0v) is 10.1. The lowest BCUT2D eigenvalue weighted by Gasteiger charge is -2.07. The van der Waals surface area contributed by atoms with Crippen LogP contribution in [0.4, 0.5) is 5.82 Å². The fraction of sp³-hybridized carbons (Fsp3) is 0.545. The molecule has 0 fully saturated rings. The molecule has 0 radical (unpaired) electrons. The van der Waals surface area contributed by atoms with Crippen molar-refractivity contribution in [3.8, 4) is 0 Å². The highest BCUT2D eigenvalue weighted by Gasteiger charge is 2.03. The first kappa shape index (κ1) is 13.4. The molecule has 94 valence electrons. The molecule has 0 bridgehead atoms. The minimum atomic E-state index is -0.288. The van der Waals surface area contributed by atoms with E-state index in [0.717, 1.165) is 13.0 Å². The summed E-state index contributed by atoms with van der Waals surface area (Å²) in [5.74, 6) is 0.265. The summed E-state index contributed by atoms with van der Waals surface area (Å²) in [6.45, 7) is 4.93. The summed E-state index contributed by atoms with van der Waals surface area (Å²) in [5, 5.41) is 11.8. The molecule has 1 aromatic rings. The maximum Gasteiger partial charge on any atom is 0.264 e. The van der Waals surface area contributed by atoms with Crippen molar-refractivity contribution in [2.75, 3.05) is 11.9 Å². The van der Waals surface area contributed by atoms with E-state index in [1.807, 2.05) is 0 Å². The summed E-state index contributed by atoms with van der Waals surface area (Å²) in [7, 11) is 0. The number of amides is 1. The van der Waals surface area contributed by atoms with Gasteiger partial charge < -0.3 is 10.6 Å². The number of nitrogens with zero attached hydrogens (tertiary/aromatic N) is 1. The van der Waals surface area contributed by atoms with Gasteiger partial charge in [0.2, 0.25) is 5.91 Å². The first-order valence-corrected chi connectivity index (χ1v) is 5.67. The van der Waals surface area contributed by atoms with E-state index in [9.17, 15) is 9.59 Å². The third kappa shape index (κ3) is 5.82. The summed E-state index contributed by atoms with van der Waals surface area (Å²) in [6.07, 6.45) is 1.20. The largest absolute Gasteiger partial charge is 0.315 e. The van der Waals surface area contributed by atoms with Gasteiger partial charge in [-0.15, -0.1) is 0 Å². The first-order chi connectivity index (χ1) is 8.08. The number of nitrogens with one attached hydrogen (secondary N) is 3. The summed E-state index contributed by atoms with van der Waals surface area (Å²) >= 11 is 0. The molecule has 0 saturated heterocycles. The Balaban J connectivity index is 2.25. The van der Waals surface area contributed by atoms with E-state index < -0.39 is 0 Å². The van der Waals surface area contributed by atoms with Crippen molar-refractivity contribution < 1.29 is 4.79 Å². The van der Waals surface area contributed by atoms with Gasteiger partial charge in [-0.2, -0.15) is 5.10 Å². The molecule has 0 spiro atoms. The van der Waals surface area contributed by atoms with Crippen LogP contribution < -0.4 is 16.2 Å². The molecule has 6 nitrogen and oxygen atoms in total. The molecule has 6 heteroatoms. The van der Waals surface area contributed by atoms with Crippen LogP contribution in [0.5, 0.6) is 0 Å². The number of rotatable bonds is 6. The van der Waals surface area contributed by atoms with E-state index in [1.54, 1.807) is 0 Å². The van der Waals surface area contributed by atoms with Crippen LogP contribution >= 0.6 is 0 Å². The number of aromatic amines is 1. The molecule has 1 heterocycles. The SMILES string of the molecule is CC(C)NCCCC(=O)Nc1ccc(=O)[nH]n1. The lowest BCUT2D eigenvalue weighted by atomic mass is 10.2. The zero-order chi connectivity index (χ0) is 12.7. The summed E-state index contributed by atoms with van der Waals surface area (Å²) < 4.78 is 0. The van der Waals surface area contributed by atoms with Gasteiger partial charge in [0.25, 0.3) is 5.56 Å². The second kappa shape index (κ2) is 6.80. The predicted octanol–water partition coefficient (Wildman–Crippen LogP) is 0.487. The number of carbonyl (C=O) groups is 1. The van der Waals surface area contributed by atoms with E-state index in [-0.39, 0.29) is 11.5 Å². The molecular weight excluding hydrogens is 220 g/mol. The minimum Gasteiger partial charge on any atom is -0.315 e. The van der Waals surface area contributed by atoms with Gasteiger partial charge in [0.05, 0.1) is 0 Å². The number of carbonyl (C=O) groups excluding carboxylic acids is 1. The highest BCUT2D eigenvalue weighted by Crippen LogP contribution is 1.98. The van der Waals surface area contributed by atoms with Crippen LogP contribution in [0.1, 0.15) is 26.7 Å². The molecule has 0 aliphatic rings. The third-order valence-electron chi connectivity index (χ3n) is 2.08. The quantitative estimate of drug-likeness (QED) is 0.629. The van der Waals surface area contributed by atoms with Crippen molar-refractivity contribution in [2.45, 2.75) is 32.7 Å². The van der Waals surface area contributed by atoms with Gasteiger partial charge in [-0.05, 0) is 19.0 Å². The molecule has 1 amide bonds. The van der Waals surface area contributed by atoms with Crippen molar-refractivity contribution >= 4 is 11.7 Å². The Morgan fingerprint density at radius 1 is 1.47 bits per heavy atom. The summed E-state index contributed by atoms with van der Waals surface area (Å²) in [4.78, 5) is 22.2. The van der Waals surface area contributed by atoms with Crippen molar-refractivity contribution in [3.05, 3.63) is 22.5 Å². The molecular formula is C11H18N4O2. The minimum absolute atomic E-state index is 0.102. The average molecular weight is 238 g/mol.